The first-order chi connectivity index (χ1) is 7.52. The van der Waals surface area contributed by atoms with Crippen LogP contribution < -0.4 is 5.32 Å². The van der Waals surface area contributed by atoms with Crippen LogP contribution in [0.1, 0.15) is 31.1 Å². The van der Waals surface area contributed by atoms with Gasteiger partial charge in [-0.15, -0.1) is 12.6 Å². The highest BCUT2D eigenvalue weighted by Crippen LogP contribution is 2.13. The molecule has 0 aromatic heterocycles. The van der Waals surface area contributed by atoms with E-state index in [4.69, 9.17) is 0 Å². The number of thiol groups is 1. The second-order valence-electron chi connectivity index (χ2n) is 4.45. The standard InChI is InChI=1S/C13H19NOS/c1-9(2)10(3)8-14-13(15)11-6-4-5-7-12(11)16/h4-7,9-10,16H,8H2,1-3H3,(H,14,15). The Morgan fingerprint density at radius 1 is 1.31 bits per heavy atom. The fourth-order valence-corrected chi connectivity index (χ4v) is 1.51. The predicted octanol–water partition coefficient (Wildman–Crippen LogP) is 3.00. The van der Waals surface area contributed by atoms with Gasteiger partial charge in [0.2, 0.25) is 0 Å². The molecule has 0 saturated heterocycles. The van der Waals surface area contributed by atoms with Crippen molar-refractivity contribution in [1.82, 2.24) is 5.32 Å². The zero-order chi connectivity index (χ0) is 12.1. The van der Waals surface area contributed by atoms with Crippen LogP contribution in [-0.4, -0.2) is 12.5 Å². The van der Waals surface area contributed by atoms with Crippen molar-refractivity contribution >= 4 is 18.5 Å². The van der Waals surface area contributed by atoms with E-state index < -0.39 is 0 Å². The smallest absolute Gasteiger partial charge is 0.252 e. The highest BCUT2D eigenvalue weighted by atomic mass is 32.1. The maximum atomic E-state index is 11.8. The zero-order valence-electron chi connectivity index (χ0n) is 10.0. The van der Waals surface area contributed by atoms with Crippen LogP contribution in [0.5, 0.6) is 0 Å². The third kappa shape index (κ3) is 3.56. The Bertz CT molecular complexity index is 363. The molecule has 0 aliphatic carbocycles. The average Bonchev–Trinajstić information content (AvgIpc) is 2.25. The Morgan fingerprint density at radius 2 is 1.94 bits per heavy atom. The molecule has 88 valence electrons. The molecule has 16 heavy (non-hydrogen) atoms. The van der Waals surface area contributed by atoms with E-state index in [-0.39, 0.29) is 5.91 Å². The van der Waals surface area contributed by atoms with Gasteiger partial charge in [0.25, 0.3) is 5.91 Å². The molecule has 1 amide bonds. The summed E-state index contributed by atoms with van der Waals surface area (Å²) in [6.07, 6.45) is 0. The first-order valence-corrected chi connectivity index (χ1v) is 6.03. The van der Waals surface area contributed by atoms with Gasteiger partial charge in [-0.2, -0.15) is 0 Å². The van der Waals surface area contributed by atoms with Gasteiger partial charge in [0.05, 0.1) is 5.56 Å². The number of nitrogens with one attached hydrogen (secondary N) is 1. The lowest BCUT2D eigenvalue weighted by molar-refractivity contribution is 0.0942. The molecule has 0 aliphatic rings. The Kier molecular flexibility index (Phi) is 4.87. The molecule has 0 radical (unpaired) electrons. The van der Waals surface area contributed by atoms with Crippen molar-refractivity contribution in [3.05, 3.63) is 29.8 Å². The number of rotatable bonds is 4. The minimum absolute atomic E-state index is 0.0434. The molecule has 1 N–H and O–H groups in total. The number of benzene rings is 1. The maximum absolute atomic E-state index is 11.8. The lowest BCUT2D eigenvalue weighted by Crippen LogP contribution is -2.30. The van der Waals surface area contributed by atoms with Gasteiger partial charge in [0.15, 0.2) is 0 Å². The van der Waals surface area contributed by atoms with E-state index in [0.717, 1.165) is 4.90 Å². The molecule has 0 heterocycles. The second kappa shape index (κ2) is 5.94. The number of carbonyl (C=O) groups excluding carboxylic acids is 1. The first-order valence-electron chi connectivity index (χ1n) is 5.58. The Hall–Kier alpha value is -0.960. The third-order valence-corrected chi connectivity index (χ3v) is 3.26. The third-order valence-electron chi connectivity index (χ3n) is 2.87. The quantitative estimate of drug-likeness (QED) is 0.774. The molecule has 1 aromatic rings. The van der Waals surface area contributed by atoms with Crippen molar-refractivity contribution in [2.75, 3.05) is 6.54 Å². The summed E-state index contributed by atoms with van der Waals surface area (Å²) >= 11 is 4.26. The summed E-state index contributed by atoms with van der Waals surface area (Å²) in [6.45, 7) is 7.16. The van der Waals surface area contributed by atoms with Gasteiger partial charge in [-0.25, -0.2) is 0 Å². The lowest BCUT2D eigenvalue weighted by atomic mass is 9.98. The minimum atomic E-state index is -0.0434. The fraction of sp³-hybridized carbons (Fsp3) is 0.462. The van der Waals surface area contributed by atoms with E-state index in [1.807, 2.05) is 18.2 Å². The molecule has 3 heteroatoms. The first kappa shape index (κ1) is 13.1. The van der Waals surface area contributed by atoms with Crippen LogP contribution in [-0.2, 0) is 0 Å². The molecule has 1 atom stereocenters. The van der Waals surface area contributed by atoms with Crippen LogP contribution >= 0.6 is 12.6 Å². The van der Waals surface area contributed by atoms with Crippen molar-refractivity contribution in [3.8, 4) is 0 Å². The highest BCUT2D eigenvalue weighted by molar-refractivity contribution is 7.80. The average molecular weight is 237 g/mol. The van der Waals surface area contributed by atoms with Crippen LogP contribution in [0.3, 0.4) is 0 Å². The summed E-state index contributed by atoms with van der Waals surface area (Å²) in [5.41, 5.74) is 0.641. The molecule has 0 aliphatic heterocycles. The second-order valence-corrected chi connectivity index (χ2v) is 4.93. The monoisotopic (exact) mass is 237 g/mol. The number of hydrogen-bond acceptors (Lipinski definition) is 2. The van der Waals surface area contributed by atoms with E-state index in [1.165, 1.54) is 0 Å². The summed E-state index contributed by atoms with van der Waals surface area (Å²) in [4.78, 5) is 12.6. The van der Waals surface area contributed by atoms with E-state index >= 15 is 0 Å². The van der Waals surface area contributed by atoms with E-state index in [2.05, 4.69) is 38.7 Å². The molecule has 0 bridgehead atoms. The molecule has 0 fully saturated rings. The van der Waals surface area contributed by atoms with Crippen molar-refractivity contribution in [2.24, 2.45) is 11.8 Å². The molecule has 0 spiro atoms. The molecule has 1 rings (SSSR count). The molecule has 2 nitrogen and oxygen atoms in total. The van der Waals surface area contributed by atoms with Gasteiger partial charge in [-0.05, 0) is 24.0 Å². The van der Waals surface area contributed by atoms with Crippen molar-refractivity contribution in [3.63, 3.8) is 0 Å². The van der Waals surface area contributed by atoms with Gasteiger partial charge in [-0.1, -0.05) is 32.9 Å². The SMILES string of the molecule is CC(C)C(C)CNC(=O)c1ccccc1S. The lowest BCUT2D eigenvalue weighted by Gasteiger charge is -2.16. The maximum Gasteiger partial charge on any atom is 0.252 e. The van der Waals surface area contributed by atoms with E-state index in [0.29, 0.717) is 23.9 Å². The van der Waals surface area contributed by atoms with Gasteiger partial charge in [0.1, 0.15) is 0 Å². The van der Waals surface area contributed by atoms with Crippen LogP contribution in [0, 0.1) is 11.8 Å². The number of amides is 1. The Balaban J connectivity index is 2.57. The van der Waals surface area contributed by atoms with E-state index in [1.54, 1.807) is 6.07 Å². The molecule has 0 saturated carbocycles. The van der Waals surface area contributed by atoms with Crippen molar-refractivity contribution in [1.29, 1.82) is 0 Å². The summed E-state index contributed by atoms with van der Waals surface area (Å²) in [7, 11) is 0. The highest BCUT2D eigenvalue weighted by Gasteiger charge is 2.11. The Morgan fingerprint density at radius 3 is 2.50 bits per heavy atom. The number of carbonyl (C=O) groups is 1. The van der Waals surface area contributed by atoms with Crippen molar-refractivity contribution < 1.29 is 4.79 Å². The Labute approximate surface area is 103 Å². The summed E-state index contributed by atoms with van der Waals surface area (Å²) in [5, 5.41) is 2.93. The van der Waals surface area contributed by atoms with E-state index in [9.17, 15) is 4.79 Å². The van der Waals surface area contributed by atoms with Gasteiger partial charge >= 0.3 is 0 Å². The van der Waals surface area contributed by atoms with Crippen LogP contribution in [0.2, 0.25) is 0 Å². The summed E-state index contributed by atoms with van der Waals surface area (Å²) in [5.74, 6) is 1.01. The van der Waals surface area contributed by atoms with Gasteiger partial charge in [0, 0.05) is 11.4 Å². The van der Waals surface area contributed by atoms with Crippen molar-refractivity contribution in [2.45, 2.75) is 25.7 Å². The largest absolute Gasteiger partial charge is 0.352 e. The normalized spacial score (nSPS) is 12.6. The molecular formula is C13H19NOS. The topological polar surface area (TPSA) is 29.1 Å². The molecular weight excluding hydrogens is 218 g/mol. The van der Waals surface area contributed by atoms with Crippen LogP contribution in [0.15, 0.2) is 29.2 Å². The molecule has 1 aromatic carbocycles. The fourth-order valence-electron chi connectivity index (χ4n) is 1.25. The number of hydrogen-bond donors (Lipinski definition) is 2. The van der Waals surface area contributed by atoms with Gasteiger partial charge < -0.3 is 5.32 Å². The zero-order valence-corrected chi connectivity index (χ0v) is 10.9. The van der Waals surface area contributed by atoms with Crippen LogP contribution in [0.25, 0.3) is 0 Å². The minimum Gasteiger partial charge on any atom is -0.352 e. The van der Waals surface area contributed by atoms with Crippen LogP contribution in [0.4, 0.5) is 0 Å². The summed E-state index contributed by atoms with van der Waals surface area (Å²) < 4.78 is 0. The summed E-state index contributed by atoms with van der Waals surface area (Å²) in [6, 6.07) is 7.33. The predicted molar refractivity (Wildman–Crippen MR) is 70.0 cm³/mol. The molecule has 1 unspecified atom stereocenters. The van der Waals surface area contributed by atoms with Gasteiger partial charge in [-0.3, -0.25) is 4.79 Å².